The summed E-state index contributed by atoms with van der Waals surface area (Å²) < 4.78 is 0. The van der Waals surface area contributed by atoms with Crippen molar-refractivity contribution in [2.45, 2.75) is 51.6 Å². The van der Waals surface area contributed by atoms with Crippen molar-refractivity contribution in [1.82, 2.24) is 4.98 Å². The number of fused-ring (bicyclic) bond motifs is 1. The van der Waals surface area contributed by atoms with Crippen LogP contribution in [-0.4, -0.2) is 16.2 Å². The number of hydrogen-bond donors (Lipinski definition) is 1. The molecular weight excluding hydrogens is 258 g/mol. The van der Waals surface area contributed by atoms with Crippen molar-refractivity contribution < 1.29 is 5.11 Å². The third kappa shape index (κ3) is 3.44. The summed E-state index contributed by atoms with van der Waals surface area (Å²) in [7, 11) is 0. The number of pyridine rings is 1. The first kappa shape index (κ1) is 14.5. The Morgan fingerprint density at radius 3 is 2.62 bits per heavy atom. The topological polar surface area (TPSA) is 33.1 Å². The third-order valence-corrected chi connectivity index (χ3v) is 5.09. The van der Waals surface area contributed by atoms with Crippen LogP contribution in [0.4, 0.5) is 0 Å². The van der Waals surface area contributed by atoms with E-state index in [1.165, 1.54) is 37.5 Å². The van der Waals surface area contributed by atoms with Gasteiger partial charge in [-0.05, 0) is 36.8 Å². The molecule has 112 valence electrons. The lowest BCUT2D eigenvalue weighted by molar-refractivity contribution is 0.0728. The van der Waals surface area contributed by atoms with Gasteiger partial charge in [-0.1, -0.05) is 50.5 Å². The van der Waals surface area contributed by atoms with Gasteiger partial charge in [0.15, 0.2) is 0 Å². The largest absolute Gasteiger partial charge is 0.392 e. The van der Waals surface area contributed by atoms with Crippen LogP contribution in [-0.2, 0) is 6.42 Å². The standard InChI is InChI=1S/C19H25NO/c1-2-14-7-9-16(10-8-14)19(21)13-17-12-11-15-5-3-4-6-18(15)20-17/h3-6,11-12,14,16,19,21H,2,7-10,13H2,1H3. The molecule has 1 fully saturated rings. The maximum atomic E-state index is 10.5. The van der Waals surface area contributed by atoms with Gasteiger partial charge in [-0.2, -0.15) is 0 Å². The predicted octanol–water partition coefficient (Wildman–Crippen LogP) is 4.35. The summed E-state index contributed by atoms with van der Waals surface area (Å²) in [5.41, 5.74) is 2.04. The normalized spacial score (nSPS) is 24.1. The zero-order chi connectivity index (χ0) is 14.7. The first-order valence-corrected chi connectivity index (χ1v) is 8.29. The molecule has 2 nitrogen and oxygen atoms in total. The smallest absolute Gasteiger partial charge is 0.0705 e. The number of para-hydroxylation sites is 1. The van der Waals surface area contributed by atoms with Gasteiger partial charge in [-0.25, -0.2) is 0 Å². The van der Waals surface area contributed by atoms with E-state index in [1.54, 1.807) is 0 Å². The molecule has 1 N–H and O–H groups in total. The summed E-state index contributed by atoms with van der Waals surface area (Å²) in [6.07, 6.45) is 6.64. The maximum absolute atomic E-state index is 10.5. The van der Waals surface area contributed by atoms with E-state index in [9.17, 15) is 5.11 Å². The fourth-order valence-corrected chi connectivity index (χ4v) is 3.58. The second kappa shape index (κ2) is 6.57. The molecule has 0 radical (unpaired) electrons. The molecule has 3 rings (SSSR count). The van der Waals surface area contributed by atoms with Crippen LogP contribution in [0.15, 0.2) is 36.4 Å². The van der Waals surface area contributed by atoms with Crippen LogP contribution in [0.1, 0.15) is 44.7 Å². The summed E-state index contributed by atoms with van der Waals surface area (Å²) in [5, 5.41) is 11.7. The minimum atomic E-state index is -0.239. The molecule has 21 heavy (non-hydrogen) atoms. The lowest BCUT2D eigenvalue weighted by atomic mass is 9.77. The molecular formula is C19H25NO. The highest BCUT2D eigenvalue weighted by molar-refractivity contribution is 5.78. The minimum absolute atomic E-state index is 0.239. The quantitative estimate of drug-likeness (QED) is 0.904. The number of nitrogens with zero attached hydrogens (tertiary/aromatic N) is 1. The minimum Gasteiger partial charge on any atom is -0.392 e. The molecule has 1 atom stereocenters. The average Bonchev–Trinajstić information content (AvgIpc) is 2.55. The molecule has 2 heteroatoms. The Morgan fingerprint density at radius 2 is 1.86 bits per heavy atom. The van der Waals surface area contributed by atoms with E-state index in [1.807, 2.05) is 18.2 Å². The van der Waals surface area contributed by atoms with E-state index in [2.05, 4.69) is 30.1 Å². The lowest BCUT2D eigenvalue weighted by Gasteiger charge is -2.31. The fraction of sp³-hybridized carbons (Fsp3) is 0.526. The van der Waals surface area contributed by atoms with E-state index in [-0.39, 0.29) is 6.10 Å². The van der Waals surface area contributed by atoms with Crippen molar-refractivity contribution in [2.24, 2.45) is 11.8 Å². The van der Waals surface area contributed by atoms with Crippen molar-refractivity contribution in [3.05, 3.63) is 42.1 Å². The van der Waals surface area contributed by atoms with Gasteiger partial charge >= 0.3 is 0 Å². The molecule has 0 aliphatic heterocycles. The van der Waals surface area contributed by atoms with Gasteiger partial charge in [0.05, 0.1) is 11.6 Å². The number of aliphatic hydroxyl groups excluding tert-OH is 1. The molecule has 1 aromatic heterocycles. The highest BCUT2D eigenvalue weighted by atomic mass is 16.3. The van der Waals surface area contributed by atoms with Crippen molar-refractivity contribution in [2.75, 3.05) is 0 Å². The van der Waals surface area contributed by atoms with Crippen LogP contribution in [0.5, 0.6) is 0 Å². The zero-order valence-corrected chi connectivity index (χ0v) is 12.8. The molecule has 1 heterocycles. The zero-order valence-electron chi connectivity index (χ0n) is 12.8. The summed E-state index contributed by atoms with van der Waals surface area (Å²) >= 11 is 0. The highest BCUT2D eigenvalue weighted by Crippen LogP contribution is 2.33. The molecule has 1 aromatic carbocycles. The Morgan fingerprint density at radius 1 is 1.10 bits per heavy atom. The van der Waals surface area contributed by atoms with Gasteiger partial charge in [0, 0.05) is 17.5 Å². The summed E-state index contributed by atoms with van der Waals surface area (Å²) in [4.78, 5) is 4.68. The van der Waals surface area contributed by atoms with Gasteiger partial charge < -0.3 is 5.11 Å². The van der Waals surface area contributed by atoms with E-state index < -0.39 is 0 Å². The Kier molecular flexibility index (Phi) is 4.54. The Balaban J connectivity index is 1.64. The first-order valence-electron chi connectivity index (χ1n) is 8.29. The fourth-order valence-electron chi connectivity index (χ4n) is 3.58. The molecule has 1 aliphatic rings. The van der Waals surface area contributed by atoms with Crippen molar-refractivity contribution >= 4 is 10.9 Å². The predicted molar refractivity (Wildman–Crippen MR) is 87.2 cm³/mol. The van der Waals surface area contributed by atoms with Crippen molar-refractivity contribution in [3.63, 3.8) is 0 Å². The van der Waals surface area contributed by atoms with Crippen LogP contribution in [0.25, 0.3) is 10.9 Å². The summed E-state index contributed by atoms with van der Waals surface area (Å²) in [6, 6.07) is 12.3. The van der Waals surface area contributed by atoms with E-state index in [0.29, 0.717) is 12.3 Å². The van der Waals surface area contributed by atoms with Crippen LogP contribution < -0.4 is 0 Å². The number of hydrogen-bond acceptors (Lipinski definition) is 2. The highest BCUT2D eigenvalue weighted by Gasteiger charge is 2.26. The van der Waals surface area contributed by atoms with Gasteiger partial charge in [-0.15, -0.1) is 0 Å². The van der Waals surface area contributed by atoms with Gasteiger partial charge in [0.25, 0.3) is 0 Å². The Hall–Kier alpha value is -1.41. The Labute approximate surface area is 127 Å². The van der Waals surface area contributed by atoms with Crippen LogP contribution in [0.2, 0.25) is 0 Å². The van der Waals surface area contributed by atoms with Gasteiger partial charge in [-0.3, -0.25) is 4.98 Å². The van der Waals surface area contributed by atoms with Crippen molar-refractivity contribution in [3.8, 4) is 0 Å². The molecule has 1 unspecified atom stereocenters. The average molecular weight is 283 g/mol. The maximum Gasteiger partial charge on any atom is 0.0705 e. The molecule has 1 aliphatic carbocycles. The molecule has 0 saturated heterocycles. The summed E-state index contributed by atoms with van der Waals surface area (Å²) in [6.45, 7) is 2.28. The van der Waals surface area contributed by atoms with E-state index in [4.69, 9.17) is 0 Å². The number of benzene rings is 1. The van der Waals surface area contributed by atoms with E-state index >= 15 is 0 Å². The molecule has 1 saturated carbocycles. The second-order valence-electron chi connectivity index (χ2n) is 6.46. The first-order chi connectivity index (χ1) is 10.3. The third-order valence-electron chi connectivity index (χ3n) is 5.09. The number of rotatable bonds is 4. The Bertz CT molecular complexity index is 587. The van der Waals surface area contributed by atoms with Gasteiger partial charge in [0.1, 0.15) is 0 Å². The molecule has 0 amide bonds. The lowest BCUT2D eigenvalue weighted by Crippen LogP contribution is -2.27. The SMILES string of the molecule is CCC1CCC(C(O)Cc2ccc3ccccc3n2)CC1. The van der Waals surface area contributed by atoms with Crippen LogP contribution >= 0.6 is 0 Å². The van der Waals surface area contributed by atoms with Crippen molar-refractivity contribution in [1.29, 1.82) is 0 Å². The monoisotopic (exact) mass is 283 g/mol. The number of aliphatic hydroxyl groups is 1. The number of aromatic nitrogens is 1. The van der Waals surface area contributed by atoms with Crippen LogP contribution in [0.3, 0.4) is 0 Å². The molecule has 2 aromatic rings. The second-order valence-corrected chi connectivity index (χ2v) is 6.46. The van der Waals surface area contributed by atoms with E-state index in [0.717, 1.165) is 17.1 Å². The molecule has 0 spiro atoms. The summed E-state index contributed by atoms with van der Waals surface area (Å²) in [5.74, 6) is 1.34. The van der Waals surface area contributed by atoms with Crippen LogP contribution in [0, 0.1) is 11.8 Å². The molecule has 0 bridgehead atoms. The van der Waals surface area contributed by atoms with Gasteiger partial charge in [0.2, 0.25) is 0 Å².